The van der Waals surface area contributed by atoms with Crippen molar-refractivity contribution in [3.05, 3.63) is 53.1 Å². The van der Waals surface area contributed by atoms with Crippen molar-refractivity contribution in [1.29, 1.82) is 0 Å². The van der Waals surface area contributed by atoms with Crippen LogP contribution in [0.25, 0.3) is 0 Å². The van der Waals surface area contributed by atoms with Crippen molar-refractivity contribution in [1.82, 2.24) is 16.1 Å². The van der Waals surface area contributed by atoms with Gasteiger partial charge in [0.15, 0.2) is 0 Å². The minimum absolute atomic E-state index is 0.123. The van der Waals surface area contributed by atoms with Crippen LogP contribution in [0.1, 0.15) is 64.2 Å². The van der Waals surface area contributed by atoms with Crippen molar-refractivity contribution in [2.24, 2.45) is 0 Å². The molecule has 0 aromatic heterocycles. The van der Waals surface area contributed by atoms with Crippen LogP contribution in [0.15, 0.2) is 41.3 Å². The van der Waals surface area contributed by atoms with Crippen LogP contribution in [-0.2, 0) is 26.0 Å². The highest BCUT2D eigenvalue weighted by atomic mass is 32.2. The van der Waals surface area contributed by atoms with Gasteiger partial charge in [0.25, 0.3) is 10.0 Å². The first-order valence-corrected chi connectivity index (χ1v) is 14.0. The predicted molar refractivity (Wildman–Crippen MR) is 147 cm³/mol. The summed E-state index contributed by atoms with van der Waals surface area (Å²) in [6.45, 7) is 14.0. The van der Waals surface area contributed by atoms with Crippen LogP contribution in [0.2, 0.25) is 0 Å². The topological polar surface area (TPSA) is 128 Å². The van der Waals surface area contributed by atoms with E-state index >= 15 is 0 Å². The largest absolute Gasteiger partial charge is 0.345 e. The summed E-state index contributed by atoms with van der Waals surface area (Å²) in [6.07, 6.45) is 2.16. The molecule has 3 rings (SSSR count). The number of hydrazine groups is 1. The van der Waals surface area contributed by atoms with Gasteiger partial charge in [-0.05, 0) is 108 Å². The van der Waals surface area contributed by atoms with Crippen LogP contribution in [0.4, 0.5) is 11.4 Å². The molecule has 0 saturated carbocycles. The van der Waals surface area contributed by atoms with Crippen molar-refractivity contribution < 1.29 is 18.0 Å². The highest BCUT2D eigenvalue weighted by Crippen LogP contribution is 2.28. The maximum atomic E-state index is 13.0. The molecule has 1 heterocycles. The van der Waals surface area contributed by atoms with E-state index < -0.39 is 21.8 Å². The Labute approximate surface area is 220 Å². The van der Waals surface area contributed by atoms with Crippen molar-refractivity contribution in [2.75, 3.05) is 10.1 Å². The molecule has 37 heavy (non-hydrogen) atoms. The van der Waals surface area contributed by atoms with E-state index in [1.54, 1.807) is 37.3 Å². The first-order valence-electron chi connectivity index (χ1n) is 12.5. The smallest absolute Gasteiger partial charge is 0.327 e. The van der Waals surface area contributed by atoms with Gasteiger partial charge in [0.05, 0.1) is 10.6 Å². The SMILES string of the molecule is CCc1cc(S(=O)(=O)Nc2ccc(NNC(=O)C(=O)NC3CC(C)(C)NC(C)(C)C3)cc2)c(C)cc1C. The fourth-order valence-corrected chi connectivity index (χ4v) is 6.57. The minimum atomic E-state index is -3.77. The highest BCUT2D eigenvalue weighted by Gasteiger charge is 2.38. The Bertz CT molecular complexity index is 1250. The molecule has 5 N–H and O–H groups in total. The number of hydrogen-bond donors (Lipinski definition) is 5. The molecular weight excluding hydrogens is 490 g/mol. The molecular formula is C27H39N5O4S. The lowest BCUT2D eigenvalue weighted by Crippen LogP contribution is -2.63. The van der Waals surface area contributed by atoms with Gasteiger partial charge in [-0.25, -0.2) is 8.42 Å². The first kappa shape index (κ1) is 28.5. The zero-order valence-corrected chi connectivity index (χ0v) is 23.5. The second-order valence-electron chi connectivity index (χ2n) is 11.1. The molecule has 0 radical (unpaired) electrons. The van der Waals surface area contributed by atoms with Crippen LogP contribution < -0.4 is 26.2 Å². The van der Waals surface area contributed by atoms with Gasteiger partial charge in [-0.3, -0.25) is 25.2 Å². The van der Waals surface area contributed by atoms with Gasteiger partial charge in [0.1, 0.15) is 0 Å². The molecule has 0 spiro atoms. The van der Waals surface area contributed by atoms with Crippen LogP contribution in [0.5, 0.6) is 0 Å². The van der Waals surface area contributed by atoms with Crippen LogP contribution in [-0.4, -0.2) is 37.4 Å². The van der Waals surface area contributed by atoms with Gasteiger partial charge in [-0.15, -0.1) is 0 Å². The Hall–Kier alpha value is -3.11. The van der Waals surface area contributed by atoms with Gasteiger partial charge in [0.2, 0.25) is 0 Å². The zero-order valence-electron chi connectivity index (χ0n) is 22.7. The quantitative estimate of drug-likeness (QED) is 0.276. The normalized spacial score (nSPS) is 17.1. The monoisotopic (exact) mass is 529 g/mol. The molecule has 1 saturated heterocycles. The Morgan fingerprint density at radius 2 is 1.49 bits per heavy atom. The fraction of sp³-hybridized carbons (Fsp3) is 0.481. The average Bonchev–Trinajstić information content (AvgIpc) is 2.75. The van der Waals surface area contributed by atoms with E-state index in [1.165, 1.54) is 0 Å². The van der Waals surface area contributed by atoms with Crippen molar-refractivity contribution in [2.45, 2.75) is 89.7 Å². The Morgan fingerprint density at radius 1 is 0.919 bits per heavy atom. The molecule has 2 aromatic carbocycles. The summed E-state index contributed by atoms with van der Waals surface area (Å²) in [5.41, 5.74) is 8.37. The lowest BCUT2D eigenvalue weighted by Gasteiger charge is -2.46. The number of carbonyl (C=O) groups excluding carboxylic acids is 2. The summed E-state index contributed by atoms with van der Waals surface area (Å²) in [6, 6.07) is 9.84. The summed E-state index contributed by atoms with van der Waals surface area (Å²) in [5, 5.41) is 6.37. The Balaban J connectivity index is 1.57. The van der Waals surface area contributed by atoms with E-state index in [1.807, 2.05) is 19.9 Å². The van der Waals surface area contributed by atoms with Crippen molar-refractivity contribution in [3.8, 4) is 0 Å². The molecule has 0 atom stereocenters. The number of sulfonamides is 1. The molecule has 0 aliphatic carbocycles. The molecule has 202 valence electrons. The minimum Gasteiger partial charge on any atom is -0.345 e. The van der Waals surface area contributed by atoms with E-state index in [-0.39, 0.29) is 22.0 Å². The molecule has 1 aliphatic rings. The number of benzene rings is 2. The van der Waals surface area contributed by atoms with E-state index in [9.17, 15) is 18.0 Å². The summed E-state index contributed by atoms with van der Waals surface area (Å²) in [5.74, 6) is -1.52. The first-order chi connectivity index (χ1) is 17.1. The van der Waals surface area contributed by atoms with Crippen molar-refractivity contribution in [3.63, 3.8) is 0 Å². The molecule has 9 nitrogen and oxygen atoms in total. The van der Waals surface area contributed by atoms with Gasteiger partial charge in [0, 0.05) is 22.8 Å². The average molecular weight is 530 g/mol. The summed E-state index contributed by atoms with van der Waals surface area (Å²) in [7, 11) is -3.77. The molecule has 1 fully saturated rings. The highest BCUT2D eigenvalue weighted by molar-refractivity contribution is 7.92. The van der Waals surface area contributed by atoms with Gasteiger partial charge >= 0.3 is 11.8 Å². The lowest BCUT2D eigenvalue weighted by atomic mass is 9.79. The lowest BCUT2D eigenvalue weighted by molar-refractivity contribution is -0.139. The number of amides is 2. The van der Waals surface area contributed by atoms with Gasteiger partial charge in [-0.1, -0.05) is 13.0 Å². The third-order valence-corrected chi connectivity index (χ3v) is 8.02. The number of rotatable bonds is 7. The van der Waals surface area contributed by atoms with Crippen LogP contribution in [0.3, 0.4) is 0 Å². The van der Waals surface area contributed by atoms with Crippen molar-refractivity contribution >= 4 is 33.2 Å². The van der Waals surface area contributed by atoms with E-state index in [2.05, 4.69) is 53.9 Å². The third kappa shape index (κ3) is 7.45. The maximum Gasteiger partial charge on any atom is 0.327 e. The Kier molecular flexibility index (Phi) is 8.24. The van der Waals surface area contributed by atoms with E-state index in [4.69, 9.17) is 0 Å². The maximum absolute atomic E-state index is 13.0. The summed E-state index contributed by atoms with van der Waals surface area (Å²) >= 11 is 0. The molecule has 0 unspecified atom stereocenters. The number of anilines is 2. The molecule has 0 bridgehead atoms. The van der Waals surface area contributed by atoms with E-state index in [0.29, 0.717) is 29.8 Å². The van der Waals surface area contributed by atoms with Gasteiger partial charge < -0.3 is 10.6 Å². The number of piperidine rings is 1. The number of hydrogen-bond acceptors (Lipinski definition) is 6. The van der Waals surface area contributed by atoms with E-state index in [0.717, 1.165) is 17.5 Å². The standard InChI is InChI=1S/C27H39N5O4S/c1-8-19-14-23(18(3)13-17(19)2)37(35,36)31-21-11-9-20(10-12-21)29-30-25(34)24(33)28-22-15-26(4,5)32-27(6,7)16-22/h9-14,22,29,31-32H,8,15-16H2,1-7H3,(H,28,33)(H,30,34). The van der Waals surface area contributed by atoms with Crippen LogP contribution in [0, 0.1) is 13.8 Å². The number of nitrogens with one attached hydrogen (secondary N) is 5. The van der Waals surface area contributed by atoms with Gasteiger partial charge in [-0.2, -0.15) is 0 Å². The number of carbonyl (C=O) groups is 2. The summed E-state index contributed by atoms with van der Waals surface area (Å²) in [4.78, 5) is 25.0. The second-order valence-corrected chi connectivity index (χ2v) is 12.8. The molecule has 2 amide bonds. The predicted octanol–water partition coefficient (Wildman–Crippen LogP) is 3.54. The Morgan fingerprint density at radius 3 is 2.05 bits per heavy atom. The molecule has 2 aromatic rings. The second kappa shape index (κ2) is 10.7. The zero-order chi connectivity index (χ0) is 27.6. The number of aryl methyl sites for hydroxylation is 3. The molecule has 10 heteroatoms. The molecule has 1 aliphatic heterocycles. The van der Waals surface area contributed by atoms with Crippen LogP contribution >= 0.6 is 0 Å². The summed E-state index contributed by atoms with van der Waals surface area (Å²) < 4.78 is 28.6. The fourth-order valence-electron chi connectivity index (χ4n) is 5.24. The third-order valence-electron chi connectivity index (χ3n) is 6.49.